The van der Waals surface area contributed by atoms with E-state index < -0.39 is 5.97 Å². The van der Waals surface area contributed by atoms with Crippen LogP contribution in [0.2, 0.25) is 0 Å². The molecule has 0 atom stereocenters. The molecule has 0 aliphatic rings. The summed E-state index contributed by atoms with van der Waals surface area (Å²) < 4.78 is 5.16. The average molecular weight is 279 g/mol. The van der Waals surface area contributed by atoms with Crippen LogP contribution >= 0.6 is 11.3 Å². The number of carboxylic acid groups (broad SMARTS) is 1. The van der Waals surface area contributed by atoms with Gasteiger partial charge in [0.05, 0.1) is 0 Å². The summed E-state index contributed by atoms with van der Waals surface area (Å²) in [6.07, 6.45) is 1.06. The standard InChI is InChI=1S/C14H17NO3S/c1-3-11-4-5-12(19-11)8-15-7-10-6-13(14(16)17)18-9(10)2/h4-6,15H,3,7-8H2,1-2H3,(H,16,17). The van der Waals surface area contributed by atoms with E-state index in [1.165, 1.54) is 9.75 Å². The second-order valence-corrected chi connectivity index (χ2v) is 5.58. The lowest BCUT2D eigenvalue weighted by molar-refractivity contribution is 0.0661. The van der Waals surface area contributed by atoms with Gasteiger partial charge in [0.25, 0.3) is 0 Å². The van der Waals surface area contributed by atoms with Crippen molar-refractivity contribution in [1.82, 2.24) is 5.32 Å². The van der Waals surface area contributed by atoms with Crippen LogP contribution in [0.3, 0.4) is 0 Å². The second kappa shape index (κ2) is 6.04. The zero-order chi connectivity index (χ0) is 13.8. The highest BCUT2D eigenvalue weighted by atomic mass is 32.1. The van der Waals surface area contributed by atoms with Gasteiger partial charge in [-0.3, -0.25) is 0 Å². The summed E-state index contributed by atoms with van der Waals surface area (Å²) in [6.45, 7) is 5.33. The molecule has 102 valence electrons. The number of aromatic carboxylic acids is 1. The topological polar surface area (TPSA) is 62.5 Å². The van der Waals surface area contributed by atoms with Crippen molar-refractivity contribution < 1.29 is 14.3 Å². The fourth-order valence-electron chi connectivity index (χ4n) is 1.83. The Balaban J connectivity index is 1.90. The molecule has 0 unspecified atom stereocenters. The molecule has 0 aromatic carbocycles. The third kappa shape index (κ3) is 3.45. The van der Waals surface area contributed by atoms with Crippen LogP contribution in [0, 0.1) is 6.92 Å². The average Bonchev–Trinajstić information content (AvgIpc) is 2.97. The summed E-state index contributed by atoms with van der Waals surface area (Å²) in [7, 11) is 0. The fraction of sp³-hybridized carbons (Fsp3) is 0.357. The van der Waals surface area contributed by atoms with E-state index in [1.54, 1.807) is 24.3 Å². The molecule has 2 rings (SSSR count). The van der Waals surface area contributed by atoms with Gasteiger partial charge in [-0.1, -0.05) is 6.92 Å². The number of aryl methyl sites for hydroxylation is 2. The molecule has 2 heterocycles. The van der Waals surface area contributed by atoms with Crippen LogP contribution < -0.4 is 5.32 Å². The summed E-state index contributed by atoms with van der Waals surface area (Å²) in [5.41, 5.74) is 0.893. The van der Waals surface area contributed by atoms with E-state index in [-0.39, 0.29) is 5.76 Å². The Morgan fingerprint density at radius 1 is 1.37 bits per heavy atom. The number of furan rings is 1. The van der Waals surface area contributed by atoms with Crippen LogP contribution in [0.25, 0.3) is 0 Å². The zero-order valence-electron chi connectivity index (χ0n) is 11.0. The maximum Gasteiger partial charge on any atom is 0.371 e. The van der Waals surface area contributed by atoms with E-state index in [9.17, 15) is 4.79 Å². The van der Waals surface area contributed by atoms with Gasteiger partial charge in [-0.05, 0) is 31.5 Å². The van der Waals surface area contributed by atoms with E-state index in [0.717, 1.165) is 18.5 Å². The van der Waals surface area contributed by atoms with Crippen LogP contribution in [0.5, 0.6) is 0 Å². The van der Waals surface area contributed by atoms with Crippen molar-refractivity contribution in [3.05, 3.63) is 45.0 Å². The largest absolute Gasteiger partial charge is 0.475 e. The highest BCUT2D eigenvalue weighted by molar-refractivity contribution is 7.11. The molecule has 0 fully saturated rings. The maximum atomic E-state index is 10.8. The van der Waals surface area contributed by atoms with Crippen LogP contribution in [0.1, 0.15) is 38.6 Å². The second-order valence-electron chi connectivity index (χ2n) is 4.32. The van der Waals surface area contributed by atoms with Gasteiger partial charge < -0.3 is 14.8 Å². The highest BCUT2D eigenvalue weighted by Gasteiger charge is 2.12. The number of hydrogen-bond acceptors (Lipinski definition) is 4. The number of nitrogens with one attached hydrogen (secondary N) is 1. The molecule has 0 spiro atoms. The first-order chi connectivity index (χ1) is 9.10. The number of thiophene rings is 1. The first-order valence-electron chi connectivity index (χ1n) is 6.21. The third-order valence-corrected chi connectivity index (χ3v) is 4.14. The summed E-state index contributed by atoms with van der Waals surface area (Å²) in [5.74, 6) is -0.371. The van der Waals surface area contributed by atoms with Gasteiger partial charge in [0, 0.05) is 28.4 Å². The van der Waals surface area contributed by atoms with E-state index >= 15 is 0 Å². The molecule has 0 aliphatic carbocycles. The van der Waals surface area contributed by atoms with Crippen molar-refractivity contribution in [2.45, 2.75) is 33.4 Å². The van der Waals surface area contributed by atoms with Crippen LogP contribution in [-0.4, -0.2) is 11.1 Å². The van der Waals surface area contributed by atoms with Gasteiger partial charge in [-0.25, -0.2) is 4.79 Å². The normalized spacial score (nSPS) is 10.8. The van der Waals surface area contributed by atoms with Crippen molar-refractivity contribution in [2.75, 3.05) is 0 Å². The lowest BCUT2D eigenvalue weighted by Gasteiger charge is -2.01. The Morgan fingerprint density at radius 2 is 2.11 bits per heavy atom. The van der Waals surface area contributed by atoms with Gasteiger partial charge in [0.1, 0.15) is 5.76 Å². The monoisotopic (exact) mass is 279 g/mol. The van der Waals surface area contributed by atoms with E-state index in [1.807, 2.05) is 0 Å². The third-order valence-electron chi connectivity index (χ3n) is 2.91. The van der Waals surface area contributed by atoms with Crippen molar-refractivity contribution in [2.24, 2.45) is 0 Å². The van der Waals surface area contributed by atoms with Crippen molar-refractivity contribution in [1.29, 1.82) is 0 Å². The molecule has 0 saturated heterocycles. The highest BCUT2D eigenvalue weighted by Crippen LogP contribution is 2.18. The number of carbonyl (C=O) groups is 1. The van der Waals surface area contributed by atoms with Crippen molar-refractivity contribution in [3.63, 3.8) is 0 Å². The molecule has 2 aromatic rings. The summed E-state index contributed by atoms with van der Waals surface area (Å²) in [4.78, 5) is 13.5. The predicted molar refractivity (Wildman–Crippen MR) is 74.6 cm³/mol. The summed E-state index contributed by atoms with van der Waals surface area (Å²) in [6, 6.07) is 5.85. The van der Waals surface area contributed by atoms with Crippen LogP contribution in [0.4, 0.5) is 0 Å². The first kappa shape index (κ1) is 13.8. The van der Waals surface area contributed by atoms with E-state index in [4.69, 9.17) is 9.52 Å². The molecule has 19 heavy (non-hydrogen) atoms. The smallest absolute Gasteiger partial charge is 0.371 e. The Morgan fingerprint density at radius 3 is 2.68 bits per heavy atom. The number of carboxylic acids is 1. The quantitative estimate of drug-likeness (QED) is 0.852. The lowest BCUT2D eigenvalue weighted by Crippen LogP contribution is -2.11. The molecular weight excluding hydrogens is 262 g/mol. The molecule has 4 nitrogen and oxygen atoms in total. The minimum absolute atomic E-state index is 0.00121. The molecule has 5 heteroatoms. The molecule has 2 N–H and O–H groups in total. The van der Waals surface area contributed by atoms with E-state index in [2.05, 4.69) is 24.4 Å². The Bertz CT molecular complexity index is 571. The lowest BCUT2D eigenvalue weighted by atomic mass is 10.2. The zero-order valence-corrected chi connectivity index (χ0v) is 11.8. The minimum Gasteiger partial charge on any atom is -0.475 e. The van der Waals surface area contributed by atoms with Gasteiger partial charge in [-0.2, -0.15) is 0 Å². The minimum atomic E-state index is -1.03. The SMILES string of the molecule is CCc1ccc(CNCc2cc(C(=O)O)oc2C)s1. The van der Waals surface area contributed by atoms with Crippen LogP contribution in [-0.2, 0) is 19.5 Å². The molecule has 0 bridgehead atoms. The van der Waals surface area contributed by atoms with Gasteiger partial charge in [-0.15, -0.1) is 11.3 Å². The summed E-state index contributed by atoms with van der Waals surface area (Å²) in [5, 5.41) is 12.1. The fourth-order valence-corrected chi connectivity index (χ4v) is 2.76. The first-order valence-corrected chi connectivity index (χ1v) is 7.02. The number of hydrogen-bond donors (Lipinski definition) is 2. The number of rotatable bonds is 6. The van der Waals surface area contributed by atoms with Crippen molar-refractivity contribution in [3.8, 4) is 0 Å². The van der Waals surface area contributed by atoms with Crippen LogP contribution in [0.15, 0.2) is 22.6 Å². The molecule has 0 aliphatic heterocycles. The van der Waals surface area contributed by atoms with Crippen molar-refractivity contribution >= 4 is 17.3 Å². The summed E-state index contributed by atoms with van der Waals surface area (Å²) >= 11 is 1.80. The Hall–Kier alpha value is -1.59. The Labute approximate surface area is 116 Å². The molecule has 2 aromatic heterocycles. The molecular formula is C14H17NO3S. The predicted octanol–water partition coefficient (Wildman–Crippen LogP) is 3.20. The molecule has 0 amide bonds. The molecule has 0 saturated carbocycles. The Kier molecular flexibility index (Phi) is 4.39. The molecule has 0 radical (unpaired) electrons. The van der Waals surface area contributed by atoms with Gasteiger partial charge >= 0.3 is 5.97 Å². The van der Waals surface area contributed by atoms with E-state index in [0.29, 0.717) is 12.3 Å². The van der Waals surface area contributed by atoms with Gasteiger partial charge in [0.2, 0.25) is 5.76 Å². The maximum absolute atomic E-state index is 10.8. The van der Waals surface area contributed by atoms with Gasteiger partial charge in [0.15, 0.2) is 0 Å².